The normalized spacial score (nSPS) is 29.2. The molecule has 0 aliphatic carbocycles. The minimum atomic E-state index is 0.697. The van der Waals surface area contributed by atoms with Crippen LogP contribution in [0.1, 0.15) is 18.5 Å². The molecule has 0 spiro atoms. The minimum Gasteiger partial charge on any atom is -0.312 e. The van der Waals surface area contributed by atoms with Gasteiger partial charge in [0.25, 0.3) is 0 Å². The Morgan fingerprint density at radius 1 is 1.47 bits per heavy atom. The van der Waals surface area contributed by atoms with Crippen LogP contribution < -0.4 is 5.32 Å². The molecule has 0 bridgehead atoms. The number of hydrogen-bond acceptors (Lipinski definition) is 3. The van der Waals surface area contributed by atoms with Crippen molar-refractivity contribution >= 4 is 11.6 Å². The number of halogens is 1. The highest BCUT2D eigenvalue weighted by atomic mass is 35.5. The Morgan fingerprint density at radius 3 is 3.24 bits per heavy atom. The van der Waals surface area contributed by atoms with Crippen molar-refractivity contribution in [3.05, 3.63) is 29.0 Å². The van der Waals surface area contributed by atoms with Crippen LogP contribution in [0.15, 0.2) is 18.3 Å². The average molecular weight is 252 g/mol. The van der Waals surface area contributed by atoms with Crippen molar-refractivity contribution in [3.8, 4) is 0 Å². The molecule has 3 heterocycles. The number of likely N-dealkylation sites (tertiary alicyclic amines) is 1. The number of aromatic nitrogens is 1. The summed E-state index contributed by atoms with van der Waals surface area (Å²) in [4.78, 5) is 6.87. The number of fused-ring (bicyclic) bond motifs is 1. The maximum Gasteiger partial charge on any atom is 0.0558 e. The fraction of sp³-hybridized carbons (Fsp3) is 0.615. The molecule has 1 aromatic heterocycles. The fourth-order valence-corrected chi connectivity index (χ4v) is 3.21. The second-order valence-electron chi connectivity index (χ2n) is 5.12. The standard InChI is InChI=1S/C13H18ClN3/c14-11-3-5-15-12(6-11)8-17-7-10-2-1-4-16-13(10)9-17/h3,5-6,10,13,16H,1-2,4,7-9H2. The number of hydrogen-bond donors (Lipinski definition) is 1. The predicted octanol–water partition coefficient (Wildman–Crippen LogP) is 1.92. The summed E-state index contributed by atoms with van der Waals surface area (Å²) in [5, 5.41) is 4.40. The van der Waals surface area contributed by atoms with E-state index in [9.17, 15) is 0 Å². The van der Waals surface area contributed by atoms with Gasteiger partial charge in [-0.15, -0.1) is 0 Å². The van der Waals surface area contributed by atoms with Gasteiger partial charge in [0.15, 0.2) is 0 Å². The quantitative estimate of drug-likeness (QED) is 0.871. The zero-order chi connectivity index (χ0) is 11.7. The molecule has 1 aromatic rings. The van der Waals surface area contributed by atoms with Gasteiger partial charge >= 0.3 is 0 Å². The van der Waals surface area contributed by atoms with E-state index in [-0.39, 0.29) is 0 Å². The molecule has 92 valence electrons. The zero-order valence-corrected chi connectivity index (χ0v) is 10.7. The predicted molar refractivity (Wildman–Crippen MR) is 69.0 cm³/mol. The van der Waals surface area contributed by atoms with Crippen LogP contribution in [-0.2, 0) is 6.54 Å². The van der Waals surface area contributed by atoms with E-state index in [0.29, 0.717) is 6.04 Å². The van der Waals surface area contributed by atoms with Crippen molar-refractivity contribution in [2.75, 3.05) is 19.6 Å². The van der Waals surface area contributed by atoms with Crippen LogP contribution in [0.2, 0.25) is 5.02 Å². The van der Waals surface area contributed by atoms with E-state index in [4.69, 9.17) is 11.6 Å². The highest BCUT2D eigenvalue weighted by molar-refractivity contribution is 6.30. The summed E-state index contributed by atoms with van der Waals surface area (Å²) in [7, 11) is 0. The third-order valence-corrected chi connectivity index (χ3v) is 4.07. The molecule has 1 N–H and O–H groups in total. The summed E-state index contributed by atoms with van der Waals surface area (Å²) < 4.78 is 0. The Hall–Kier alpha value is -0.640. The lowest BCUT2D eigenvalue weighted by Crippen LogP contribution is -2.40. The topological polar surface area (TPSA) is 28.2 Å². The zero-order valence-electron chi connectivity index (χ0n) is 9.90. The van der Waals surface area contributed by atoms with Crippen LogP contribution in [0.3, 0.4) is 0 Å². The fourth-order valence-electron chi connectivity index (χ4n) is 3.03. The second-order valence-corrected chi connectivity index (χ2v) is 5.56. The maximum absolute atomic E-state index is 5.98. The van der Waals surface area contributed by atoms with Gasteiger partial charge in [-0.05, 0) is 37.4 Å². The van der Waals surface area contributed by atoms with E-state index in [2.05, 4.69) is 15.2 Å². The molecule has 3 nitrogen and oxygen atoms in total. The molecule has 0 saturated carbocycles. The summed E-state index contributed by atoms with van der Waals surface area (Å²) in [6.45, 7) is 4.46. The average Bonchev–Trinajstić information content (AvgIpc) is 2.71. The van der Waals surface area contributed by atoms with Crippen molar-refractivity contribution in [2.45, 2.75) is 25.4 Å². The van der Waals surface area contributed by atoms with Gasteiger partial charge in [-0.3, -0.25) is 9.88 Å². The Kier molecular flexibility index (Phi) is 3.32. The largest absolute Gasteiger partial charge is 0.312 e. The monoisotopic (exact) mass is 251 g/mol. The molecule has 17 heavy (non-hydrogen) atoms. The van der Waals surface area contributed by atoms with Crippen molar-refractivity contribution < 1.29 is 0 Å². The molecular formula is C13H18ClN3. The van der Waals surface area contributed by atoms with E-state index in [1.54, 1.807) is 6.20 Å². The van der Waals surface area contributed by atoms with Crippen molar-refractivity contribution in [1.29, 1.82) is 0 Å². The third-order valence-electron chi connectivity index (χ3n) is 3.84. The first-order valence-corrected chi connectivity index (χ1v) is 6.75. The highest BCUT2D eigenvalue weighted by Gasteiger charge is 2.33. The van der Waals surface area contributed by atoms with Gasteiger partial charge in [0.2, 0.25) is 0 Å². The van der Waals surface area contributed by atoms with Crippen LogP contribution in [0, 0.1) is 5.92 Å². The SMILES string of the molecule is Clc1ccnc(CN2CC3CCCNC3C2)c1. The first-order chi connectivity index (χ1) is 8.31. The van der Waals surface area contributed by atoms with E-state index < -0.39 is 0 Å². The summed E-state index contributed by atoms with van der Waals surface area (Å²) in [5.41, 5.74) is 1.08. The van der Waals surface area contributed by atoms with Gasteiger partial charge in [-0.25, -0.2) is 0 Å². The molecule has 2 unspecified atom stereocenters. The van der Waals surface area contributed by atoms with Crippen LogP contribution >= 0.6 is 11.6 Å². The first-order valence-electron chi connectivity index (χ1n) is 6.37. The van der Waals surface area contributed by atoms with Crippen LogP contribution in [-0.4, -0.2) is 35.6 Å². The van der Waals surface area contributed by atoms with Gasteiger partial charge in [-0.1, -0.05) is 11.6 Å². The number of nitrogens with one attached hydrogen (secondary N) is 1. The Balaban J connectivity index is 1.63. The Labute approximate surface area is 107 Å². The number of nitrogens with zero attached hydrogens (tertiary/aromatic N) is 2. The molecule has 4 heteroatoms. The highest BCUT2D eigenvalue weighted by Crippen LogP contribution is 2.25. The van der Waals surface area contributed by atoms with Crippen LogP contribution in [0.25, 0.3) is 0 Å². The molecular weight excluding hydrogens is 234 g/mol. The van der Waals surface area contributed by atoms with Gasteiger partial charge < -0.3 is 5.32 Å². The van der Waals surface area contributed by atoms with Crippen molar-refractivity contribution in [2.24, 2.45) is 5.92 Å². The van der Waals surface area contributed by atoms with E-state index in [0.717, 1.165) is 29.7 Å². The van der Waals surface area contributed by atoms with E-state index >= 15 is 0 Å². The van der Waals surface area contributed by atoms with E-state index in [1.165, 1.54) is 25.9 Å². The maximum atomic E-state index is 5.98. The summed E-state index contributed by atoms with van der Waals surface area (Å²) in [6.07, 6.45) is 4.49. The lowest BCUT2D eigenvalue weighted by molar-refractivity contribution is 0.309. The van der Waals surface area contributed by atoms with Gasteiger partial charge in [0, 0.05) is 36.9 Å². The summed E-state index contributed by atoms with van der Waals surface area (Å²) in [5.74, 6) is 0.836. The number of piperidine rings is 1. The lowest BCUT2D eigenvalue weighted by atomic mass is 9.94. The molecule has 3 rings (SSSR count). The second kappa shape index (κ2) is 4.92. The first kappa shape index (κ1) is 11.5. The van der Waals surface area contributed by atoms with Gasteiger partial charge in [0.1, 0.15) is 0 Å². The molecule has 0 aromatic carbocycles. The van der Waals surface area contributed by atoms with Crippen molar-refractivity contribution in [3.63, 3.8) is 0 Å². The Bertz CT molecular complexity index is 382. The minimum absolute atomic E-state index is 0.697. The molecule has 0 amide bonds. The lowest BCUT2D eigenvalue weighted by Gasteiger charge is -2.24. The van der Waals surface area contributed by atoms with E-state index in [1.807, 2.05) is 12.1 Å². The smallest absolute Gasteiger partial charge is 0.0558 e. The number of rotatable bonds is 2. The van der Waals surface area contributed by atoms with Gasteiger partial charge in [-0.2, -0.15) is 0 Å². The molecule has 2 fully saturated rings. The van der Waals surface area contributed by atoms with Crippen LogP contribution in [0.5, 0.6) is 0 Å². The third kappa shape index (κ3) is 2.62. The summed E-state index contributed by atoms with van der Waals surface area (Å²) >= 11 is 5.98. The molecule has 2 atom stereocenters. The Morgan fingerprint density at radius 2 is 2.41 bits per heavy atom. The van der Waals surface area contributed by atoms with Crippen LogP contribution in [0.4, 0.5) is 0 Å². The van der Waals surface area contributed by atoms with Crippen molar-refractivity contribution in [1.82, 2.24) is 15.2 Å². The molecule has 0 radical (unpaired) electrons. The molecule has 2 aliphatic heterocycles. The van der Waals surface area contributed by atoms with Gasteiger partial charge in [0.05, 0.1) is 5.69 Å². The molecule has 2 saturated heterocycles. The number of pyridine rings is 1. The molecule has 2 aliphatic rings. The summed E-state index contributed by atoms with van der Waals surface area (Å²) in [6, 6.07) is 4.50.